The van der Waals surface area contributed by atoms with Gasteiger partial charge < -0.3 is 20.1 Å². The van der Waals surface area contributed by atoms with Gasteiger partial charge in [0, 0.05) is 24.8 Å². The maximum Gasteiger partial charge on any atom is 0.337 e. The van der Waals surface area contributed by atoms with Gasteiger partial charge in [-0.25, -0.2) is 9.59 Å². The zero-order valence-electron chi connectivity index (χ0n) is 12.8. The smallest absolute Gasteiger partial charge is 0.337 e. The summed E-state index contributed by atoms with van der Waals surface area (Å²) in [5, 5.41) is 5.34. The molecule has 0 unspecified atom stereocenters. The standard InChI is InChI=1S/C14H23N3O4/c1-4-20-13(18)11-5-15-14(19)16-12(11)7-17-6-10(3)21-8-9(17)2/h9-10H,4-8H2,1-3H3,(H2,15,16,19)/t9-,10-/m1/s1. The van der Waals surface area contributed by atoms with Crippen LogP contribution < -0.4 is 10.6 Å². The highest BCUT2D eigenvalue weighted by Crippen LogP contribution is 2.16. The van der Waals surface area contributed by atoms with Crippen LogP contribution in [0.5, 0.6) is 0 Å². The van der Waals surface area contributed by atoms with E-state index in [2.05, 4.69) is 22.5 Å². The molecule has 21 heavy (non-hydrogen) atoms. The zero-order valence-corrected chi connectivity index (χ0v) is 12.8. The first-order valence-corrected chi connectivity index (χ1v) is 7.31. The van der Waals surface area contributed by atoms with Crippen LogP contribution in [-0.2, 0) is 14.3 Å². The molecule has 0 aromatic carbocycles. The summed E-state index contributed by atoms with van der Waals surface area (Å²) in [6.07, 6.45) is 0.144. The Kier molecular flexibility index (Phi) is 5.19. The third-order valence-electron chi connectivity index (χ3n) is 3.67. The lowest BCUT2D eigenvalue weighted by atomic mass is 10.1. The first kappa shape index (κ1) is 15.8. The van der Waals surface area contributed by atoms with E-state index in [0.29, 0.717) is 31.0 Å². The van der Waals surface area contributed by atoms with Gasteiger partial charge in [0.05, 0.1) is 31.4 Å². The highest BCUT2D eigenvalue weighted by molar-refractivity contribution is 5.93. The van der Waals surface area contributed by atoms with Crippen LogP contribution in [0, 0.1) is 0 Å². The van der Waals surface area contributed by atoms with Crippen molar-refractivity contribution < 1.29 is 19.1 Å². The number of morpholine rings is 1. The molecule has 2 aliphatic rings. The Morgan fingerprint density at radius 2 is 2.24 bits per heavy atom. The molecular formula is C14H23N3O4. The lowest BCUT2D eigenvalue weighted by molar-refractivity contribution is -0.138. The molecule has 2 heterocycles. The summed E-state index contributed by atoms with van der Waals surface area (Å²) in [7, 11) is 0. The fourth-order valence-corrected chi connectivity index (χ4v) is 2.48. The van der Waals surface area contributed by atoms with E-state index >= 15 is 0 Å². The first-order chi connectivity index (χ1) is 10.0. The SMILES string of the molecule is CCOC(=O)C1=C(CN2C[C@@H](C)OC[C@H]2C)NC(=O)NC1. The van der Waals surface area contributed by atoms with Crippen molar-refractivity contribution in [2.75, 3.05) is 32.8 Å². The van der Waals surface area contributed by atoms with Crippen molar-refractivity contribution in [3.05, 3.63) is 11.3 Å². The molecule has 0 bridgehead atoms. The quantitative estimate of drug-likeness (QED) is 0.726. The summed E-state index contributed by atoms with van der Waals surface area (Å²) >= 11 is 0. The number of nitrogens with one attached hydrogen (secondary N) is 2. The van der Waals surface area contributed by atoms with Crippen LogP contribution in [0.2, 0.25) is 0 Å². The minimum absolute atomic E-state index is 0.144. The Bertz CT molecular complexity index is 450. The van der Waals surface area contributed by atoms with Crippen molar-refractivity contribution in [1.29, 1.82) is 0 Å². The maximum absolute atomic E-state index is 12.0. The maximum atomic E-state index is 12.0. The van der Waals surface area contributed by atoms with Gasteiger partial charge >= 0.3 is 12.0 Å². The molecule has 7 heteroatoms. The van der Waals surface area contributed by atoms with E-state index in [-0.39, 0.29) is 30.7 Å². The zero-order chi connectivity index (χ0) is 15.4. The van der Waals surface area contributed by atoms with Crippen molar-refractivity contribution in [3.63, 3.8) is 0 Å². The molecule has 2 rings (SSSR count). The van der Waals surface area contributed by atoms with Gasteiger partial charge in [0.15, 0.2) is 0 Å². The van der Waals surface area contributed by atoms with Gasteiger partial charge in [-0.2, -0.15) is 0 Å². The third kappa shape index (κ3) is 3.95. The van der Waals surface area contributed by atoms with Gasteiger partial charge in [-0.05, 0) is 20.8 Å². The largest absolute Gasteiger partial charge is 0.463 e. The van der Waals surface area contributed by atoms with E-state index in [4.69, 9.17) is 9.47 Å². The Morgan fingerprint density at radius 3 is 2.95 bits per heavy atom. The summed E-state index contributed by atoms with van der Waals surface area (Å²) in [5.41, 5.74) is 1.11. The Balaban J connectivity index is 2.15. The van der Waals surface area contributed by atoms with Crippen LogP contribution in [0.1, 0.15) is 20.8 Å². The summed E-state index contributed by atoms with van der Waals surface area (Å²) < 4.78 is 10.6. The summed E-state index contributed by atoms with van der Waals surface area (Å²) in [5.74, 6) is -0.381. The van der Waals surface area contributed by atoms with Crippen LogP contribution in [0.3, 0.4) is 0 Å². The van der Waals surface area contributed by atoms with Crippen molar-refractivity contribution in [1.82, 2.24) is 15.5 Å². The molecular weight excluding hydrogens is 274 g/mol. The highest BCUT2D eigenvalue weighted by atomic mass is 16.5. The number of hydrogen-bond acceptors (Lipinski definition) is 5. The molecule has 1 fully saturated rings. The molecule has 2 atom stereocenters. The van der Waals surface area contributed by atoms with Gasteiger partial charge in [0.1, 0.15) is 0 Å². The molecule has 2 amide bonds. The molecule has 2 N–H and O–H groups in total. The number of carbonyl (C=O) groups is 2. The molecule has 0 radical (unpaired) electrons. The van der Waals surface area contributed by atoms with Crippen LogP contribution in [0.4, 0.5) is 4.79 Å². The summed E-state index contributed by atoms with van der Waals surface area (Å²) in [6, 6.07) is -0.0454. The van der Waals surface area contributed by atoms with Crippen LogP contribution in [0.15, 0.2) is 11.3 Å². The molecule has 0 aromatic rings. The van der Waals surface area contributed by atoms with Gasteiger partial charge in [0.25, 0.3) is 0 Å². The van der Waals surface area contributed by atoms with E-state index in [0.717, 1.165) is 6.54 Å². The van der Waals surface area contributed by atoms with Crippen LogP contribution in [0.25, 0.3) is 0 Å². The number of hydrogen-bond donors (Lipinski definition) is 2. The second kappa shape index (κ2) is 6.91. The second-order valence-corrected chi connectivity index (χ2v) is 5.41. The summed E-state index contributed by atoms with van der Waals surface area (Å²) in [4.78, 5) is 25.7. The van der Waals surface area contributed by atoms with Gasteiger partial charge in [-0.1, -0.05) is 0 Å². The number of carbonyl (C=O) groups excluding carboxylic acids is 2. The number of ether oxygens (including phenoxy) is 2. The van der Waals surface area contributed by atoms with Gasteiger partial charge in [0.2, 0.25) is 0 Å². The molecule has 0 aromatic heterocycles. The average molecular weight is 297 g/mol. The lowest BCUT2D eigenvalue weighted by Crippen LogP contribution is -2.52. The first-order valence-electron chi connectivity index (χ1n) is 7.31. The van der Waals surface area contributed by atoms with E-state index in [1.54, 1.807) is 6.92 Å². The van der Waals surface area contributed by atoms with Crippen LogP contribution in [-0.4, -0.2) is 61.9 Å². The monoisotopic (exact) mass is 297 g/mol. The number of rotatable bonds is 4. The Hall–Kier alpha value is -1.60. The molecule has 7 nitrogen and oxygen atoms in total. The fourth-order valence-electron chi connectivity index (χ4n) is 2.48. The molecule has 1 saturated heterocycles. The fraction of sp³-hybridized carbons (Fsp3) is 0.714. The van der Waals surface area contributed by atoms with E-state index in [9.17, 15) is 9.59 Å². The predicted molar refractivity (Wildman–Crippen MR) is 76.6 cm³/mol. The van der Waals surface area contributed by atoms with E-state index in [1.807, 2.05) is 6.92 Å². The third-order valence-corrected chi connectivity index (χ3v) is 3.67. The Morgan fingerprint density at radius 1 is 1.48 bits per heavy atom. The lowest BCUT2D eigenvalue weighted by Gasteiger charge is -2.38. The van der Waals surface area contributed by atoms with Gasteiger partial charge in [-0.3, -0.25) is 4.90 Å². The highest BCUT2D eigenvalue weighted by Gasteiger charge is 2.29. The van der Waals surface area contributed by atoms with E-state index < -0.39 is 0 Å². The molecule has 118 valence electrons. The van der Waals surface area contributed by atoms with Crippen molar-refractivity contribution >= 4 is 12.0 Å². The van der Waals surface area contributed by atoms with Crippen molar-refractivity contribution in [3.8, 4) is 0 Å². The van der Waals surface area contributed by atoms with E-state index in [1.165, 1.54) is 0 Å². The summed E-state index contributed by atoms with van der Waals surface area (Å²) in [6.45, 7) is 8.29. The molecule has 0 spiro atoms. The number of amides is 2. The predicted octanol–water partition coefficient (Wildman–Crippen LogP) is 0.226. The normalized spacial score (nSPS) is 27.1. The minimum Gasteiger partial charge on any atom is -0.463 e. The molecule has 0 saturated carbocycles. The van der Waals surface area contributed by atoms with Crippen molar-refractivity contribution in [2.45, 2.75) is 32.9 Å². The van der Waals surface area contributed by atoms with Crippen LogP contribution >= 0.6 is 0 Å². The number of urea groups is 1. The molecule has 0 aliphatic carbocycles. The number of esters is 1. The minimum atomic E-state index is -0.381. The average Bonchev–Trinajstić information content (AvgIpc) is 2.43. The van der Waals surface area contributed by atoms with Crippen molar-refractivity contribution in [2.24, 2.45) is 0 Å². The Labute approximate surface area is 124 Å². The number of nitrogens with zero attached hydrogens (tertiary/aromatic N) is 1. The topological polar surface area (TPSA) is 79.9 Å². The van der Waals surface area contributed by atoms with Gasteiger partial charge in [-0.15, -0.1) is 0 Å². The molecule has 2 aliphatic heterocycles. The second-order valence-electron chi connectivity index (χ2n) is 5.41.